The van der Waals surface area contributed by atoms with Crippen LogP contribution in [0.2, 0.25) is 0 Å². The number of alkyl halides is 3. The van der Waals surface area contributed by atoms with Crippen LogP contribution in [-0.2, 0) is 25.8 Å². The van der Waals surface area contributed by atoms with Gasteiger partial charge in [0.25, 0.3) is 5.91 Å². The van der Waals surface area contributed by atoms with Crippen LogP contribution in [0.15, 0.2) is 84.2 Å². The molecule has 1 unspecified atom stereocenters. The number of carbonyl (C=O) groups is 1. The highest BCUT2D eigenvalue weighted by atomic mass is 32.1. The van der Waals surface area contributed by atoms with Crippen molar-refractivity contribution in [3.8, 4) is 0 Å². The summed E-state index contributed by atoms with van der Waals surface area (Å²) in [6.07, 6.45) is -4.40. The predicted molar refractivity (Wildman–Crippen MR) is 140 cm³/mol. The van der Waals surface area contributed by atoms with Crippen LogP contribution in [0.5, 0.6) is 0 Å². The van der Waals surface area contributed by atoms with E-state index in [2.05, 4.69) is 10.3 Å². The van der Waals surface area contributed by atoms with Crippen molar-refractivity contribution in [1.29, 1.82) is 0 Å². The van der Waals surface area contributed by atoms with Crippen LogP contribution >= 0.6 is 11.3 Å². The van der Waals surface area contributed by atoms with Crippen molar-refractivity contribution in [2.75, 3.05) is 0 Å². The van der Waals surface area contributed by atoms with Gasteiger partial charge < -0.3 is 5.32 Å². The van der Waals surface area contributed by atoms with Crippen LogP contribution in [0, 0.1) is 6.92 Å². The van der Waals surface area contributed by atoms with Gasteiger partial charge in [-0.15, -0.1) is 11.3 Å². The van der Waals surface area contributed by atoms with E-state index in [1.807, 2.05) is 73.3 Å². The largest absolute Gasteiger partial charge is 0.416 e. The smallest absolute Gasteiger partial charge is 0.344 e. The first kappa shape index (κ1) is 26.6. The zero-order chi connectivity index (χ0) is 26.4. The second kappa shape index (κ2) is 11.7. The number of amides is 1. The van der Waals surface area contributed by atoms with Crippen molar-refractivity contribution < 1.29 is 18.0 Å². The van der Waals surface area contributed by atoms with Gasteiger partial charge in [-0.2, -0.15) is 13.2 Å². The monoisotopic (exact) mass is 523 g/mol. The molecule has 1 heterocycles. The fourth-order valence-electron chi connectivity index (χ4n) is 4.00. The molecule has 1 aromatic heterocycles. The lowest BCUT2D eigenvalue weighted by atomic mass is 10.1. The summed E-state index contributed by atoms with van der Waals surface area (Å²) in [6.45, 7) is 5.16. The Morgan fingerprint density at radius 1 is 0.946 bits per heavy atom. The molecule has 37 heavy (non-hydrogen) atoms. The molecule has 0 aliphatic rings. The van der Waals surface area contributed by atoms with E-state index >= 15 is 0 Å². The topological polar surface area (TPSA) is 45.2 Å². The van der Waals surface area contributed by atoms with Crippen molar-refractivity contribution in [2.45, 2.75) is 45.7 Å². The Labute approximate surface area is 218 Å². The molecule has 8 heteroatoms. The summed E-state index contributed by atoms with van der Waals surface area (Å²) in [6, 6.07) is 23.0. The Morgan fingerprint density at radius 3 is 2.35 bits per heavy atom. The highest BCUT2D eigenvalue weighted by Gasteiger charge is 2.30. The molecule has 0 fully saturated rings. The number of hydrogen-bond acceptors (Lipinski definition) is 4. The van der Waals surface area contributed by atoms with E-state index in [0.29, 0.717) is 30.9 Å². The van der Waals surface area contributed by atoms with E-state index in [1.165, 1.54) is 23.5 Å². The molecule has 192 valence electrons. The first-order valence-corrected chi connectivity index (χ1v) is 12.8. The Kier molecular flexibility index (Phi) is 8.41. The number of rotatable bonds is 9. The maximum Gasteiger partial charge on any atom is 0.416 e. The third-order valence-electron chi connectivity index (χ3n) is 5.98. The van der Waals surface area contributed by atoms with Crippen LogP contribution in [0.25, 0.3) is 0 Å². The molecule has 4 rings (SSSR count). The van der Waals surface area contributed by atoms with Gasteiger partial charge in [-0.3, -0.25) is 9.69 Å². The van der Waals surface area contributed by atoms with Gasteiger partial charge in [-0.25, -0.2) is 4.98 Å². The summed E-state index contributed by atoms with van der Waals surface area (Å²) < 4.78 is 39.8. The van der Waals surface area contributed by atoms with Crippen LogP contribution in [0.4, 0.5) is 13.2 Å². The Morgan fingerprint density at radius 2 is 1.65 bits per heavy atom. The summed E-state index contributed by atoms with van der Waals surface area (Å²) in [4.78, 5) is 19.4. The van der Waals surface area contributed by atoms with Gasteiger partial charge in [-0.1, -0.05) is 78.4 Å². The number of halogens is 3. The molecule has 4 nitrogen and oxygen atoms in total. The second-order valence-electron chi connectivity index (χ2n) is 9.06. The number of aryl methyl sites for hydroxylation is 1. The second-order valence-corrected chi connectivity index (χ2v) is 10.0. The molecule has 3 aromatic carbocycles. The lowest BCUT2D eigenvalue weighted by Crippen LogP contribution is -2.27. The summed E-state index contributed by atoms with van der Waals surface area (Å²) in [7, 11) is 0. The van der Waals surface area contributed by atoms with Crippen molar-refractivity contribution in [2.24, 2.45) is 0 Å². The minimum absolute atomic E-state index is 0.169. The molecule has 0 aliphatic heterocycles. The molecule has 0 aliphatic carbocycles. The highest BCUT2D eigenvalue weighted by Crippen LogP contribution is 2.30. The van der Waals surface area contributed by atoms with Gasteiger partial charge in [-0.05, 0) is 36.6 Å². The Balaban J connectivity index is 1.49. The van der Waals surface area contributed by atoms with E-state index in [4.69, 9.17) is 0 Å². The summed E-state index contributed by atoms with van der Waals surface area (Å²) >= 11 is 1.37. The van der Waals surface area contributed by atoms with Gasteiger partial charge in [0.1, 0.15) is 10.7 Å². The maximum atomic E-state index is 13.3. The molecule has 0 bridgehead atoms. The number of hydrogen-bond donors (Lipinski definition) is 1. The van der Waals surface area contributed by atoms with Crippen LogP contribution in [-0.4, -0.2) is 15.8 Å². The van der Waals surface area contributed by atoms with E-state index in [9.17, 15) is 18.0 Å². The van der Waals surface area contributed by atoms with Gasteiger partial charge in [0.05, 0.1) is 18.2 Å². The molecule has 1 N–H and O–H groups in total. The third kappa shape index (κ3) is 7.50. The van der Waals surface area contributed by atoms with Crippen LogP contribution in [0.1, 0.15) is 56.3 Å². The fraction of sp³-hybridized carbons (Fsp3) is 0.241. The molecular formula is C29H28F3N3OS. The first-order valence-electron chi connectivity index (χ1n) is 11.9. The van der Waals surface area contributed by atoms with Gasteiger partial charge in [0.15, 0.2) is 0 Å². The molecule has 4 aromatic rings. The quantitative estimate of drug-likeness (QED) is 0.253. The maximum absolute atomic E-state index is 13.3. The Hall–Kier alpha value is -3.49. The minimum atomic E-state index is -4.40. The number of thiazole rings is 1. The lowest BCUT2D eigenvalue weighted by Gasteiger charge is -2.22. The number of nitrogens with zero attached hydrogens (tertiary/aromatic N) is 2. The summed E-state index contributed by atoms with van der Waals surface area (Å²) in [5, 5.41) is 5.41. The average Bonchev–Trinajstić information content (AvgIpc) is 3.34. The number of benzene rings is 3. The first-order chi connectivity index (χ1) is 17.7. The number of aromatic nitrogens is 1. The normalized spacial score (nSPS) is 12.5. The highest BCUT2D eigenvalue weighted by molar-refractivity contribution is 7.09. The van der Waals surface area contributed by atoms with Gasteiger partial charge in [0, 0.05) is 18.5 Å². The van der Waals surface area contributed by atoms with Crippen molar-refractivity contribution in [3.63, 3.8) is 0 Å². The number of carbonyl (C=O) groups excluding carboxylic acids is 1. The predicted octanol–water partition coefficient (Wildman–Crippen LogP) is 7.16. The molecule has 1 amide bonds. The Bertz CT molecular complexity index is 1320. The van der Waals surface area contributed by atoms with Crippen molar-refractivity contribution in [3.05, 3.63) is 123 Å². The van der Waals surface area contributed by atoms with Crippen molar-refractivity contribution >= 4 is 17.2 Å². The SMILES string of the molecule is Cc1ccc(CN(Cc2cccc(C(F)(F)F)c2)Cc2nc(C(=O)NC(C)c3ccccc3)cs2)cc1. The summed E-state index contributed by atoms with van der Waals surface area (Å²) in [5.41, 5.74) is 3.40. The summed E-state index contributed by atoms with van der Waals surface area (Å²) in [5.74, 6) is -0.262. The van der Waals surface area contributed by atoms with E-state index in [0.717, 1.165) is 27.8 Å². The molecule has 0 radical (unpaired) electrons. The van der Waals surface area contributed by atoms with Crippen molar-refractivity contribution in [1.82, 2.24) is 15.2 Å². The molecule has 1 atom stereocenters. The average molecular weight is 524 g/mol. The number of nitrogens with one attached hydrogen (secondary N) is 1. The molecule has 0 spiro atoms. The third-order valence-corrected chi connectivity index (χ3v) is 6.81. The molecular weight excluding hydrogens is 495 g/mol. The van der Waals surface area contributed by atoms with E-state index in [1.54, 1.807) is 11.4 Å². The zero-order valence-corrected chi connectivity index (χ0v) is 21.4. The zero-order valence-electron chi connectivity index (χ0n) is 20.6. The van der Waals surface area contributed by atoms with Crippen LogP contribution in [0.3, 0.4) is 0 Å². The van der Waals surface area contributed by atoms with E-state index < -0.39 is 11.7 Å². The van der Waals surface area contributed by atoms with E-state index in [-0.39, 0.29) is 11.9 Å². The minimum Gasteiger partial charge on any atom is -0.344 e. The molecule has 0 saturated heterocycles. The fourth-order valence-corrected chi connectivity index (χ4v) is 4.81. The van der Waals surface area contributed by atoms with Crippen LogP contribution < -0.4 is 5.32 Å². The van der Waals surface area contributed by atoms with Gasteiger partial charge >= 0.3 is 6.18 Å². The lowest BCUT2D eigenvalue weighted by molar-refractivity contribution is -0.137. The molecule has 0 saturated carbocycles. The van der Waals surface area contributed by atoms with Gasteiger partial charge in [0.2, 0.25) is 0 Å². The standard InChI is InChI=1S/C29H28F3N3OS/c1-20-11-13-22(14-12-20)16-35(17-23-7-6-10-25(15-23)29(30,31)32)18-27-34-26(19-37-27)28(36)33-21(2)24-8-4-3-5-9-24/h3-15,19,21H,16-18H2,1-2H3,(H,33,36).